The van der Waals surface area contributed by atoms with Crippen LogP contribution in [-0.4, -0.2) is 13.1 Å². The molecule has 0 aromatic rings. The summed E-state index contributed by atoms with van der Waals surface area (Å²) < 4.78 is 0. The van der Waals surface area contributed by atoms with Crippen LogP contribution in [0, 0.1) is 11.3 Å². The SMILES string of the molecule is CC1(C2CCC2)CNC1.Cl. The number of halogens is 1. The van der Waals surface area contributed by atoms with Gasteiger partial charge in [-0.05, 0) is 24.2 Å². The Balaban J connectivity index is 0.000000500. The van der Waals surface area contributed by atoms with Crippen molar-refractivity contribution in [3.05, 3.63) is 0 Å². The van der Waals surface area contributed by atoms with Gasteiger partial charge in [-0.25, -0.2) is 0 Å². The van der Waals surface area contributed by atoms with E-state index in [9.17, 15) is 0 Å². The van der Waals surface area contributed by atoms with Crippen LogP contribution in [-0.2, 0) is 0 Å². The van der Waals surface area contributed by atoms with Gasteiger partial charge in [0.1, 0.15) is 0 Å². The lowest BCUT2D eigenvalue weighted by Gasteiger charge is -2.49. The van der Waals surface area contributed by atoms with Crippen molar-refractivity contribution in [2.24, 2.45) is 11.3 Å². The molecule has 1 heterocycles. The maximum Gasteiger partial charge on any atom is 0.00202 e. The van der Waals surface area contributed by atoms with Crippen LogP contribution < -0.4 is 5.32 Å². The lowest BCUT2D eigenvalue weighted by atomic mass is 9.63. The smallest absolute Gasteiger partial charge is 0.00202 e. The van der Waals surface area contributed by atoms with Crippen molar-refractivity contribution in [2.75, 3.05) is 13.1 Å². The van der Waals surface area contributed by atoms with E-state index in [1.165, 1.54) is 32.4 Å². The van der Waals surface area contributed by atoms with Crippen LogP contribution in [0.25, 0.3) is 0 Å². The Kier molecular flexibility index (Phi) is 2.26. The maximum atomic E-state index is 3.35. The summed E-state index contributed by atoms with van der Waals surface area (Å²) in [7, 11) is 0. The van der Waals surface area contributed by atoms with E-state index < -0.39 is 0 Å². The van der Waals surface area contributed by atoms with Crippen LogP contribution in [0.4, 0.5) is 0 Å². The van der Waals surface area contributed by atoms with E-state index in [-0.39, 0.29) is 12.4 Å². The second-order valence-electron chi connectivity index (χ2n) is 3.89. The monoisotopic (exact) mass is 161 g/mol. The minimum Gasteiger partial charge on any atom is -0.316 e. The van der Waals surface area contributed by atoms with Crippen molar-refractivity contribution in [1.29, 1.82) is 0 Å². The summed E-state index contributed by atoms with van der Waals surface area (Å²) in [6.45, 7) is 4.97. The number of hydrogen-bond acceptors (Lipinski definition) is 1. The molecule has 2 fully saturated rings. The first kappa shape index (κ1) is 8.35. The Labute approximate surface area is 69.0 Å². The molecule has 2 heteroatoms. The third-order valence-corrected chi connectivity index (χ3v) is 3.15. The van der Waals surface area contributed by atoms with Crippen LogP contribution >= 0.6 is 12.4 Å². The molecule has 0 atom stereocenters. The average molecular weight is 162 g/mol. The topological polar surface area (TPSA) is 12.0 Å². The fraction of sp³-hybridized carbons (Fsp3) is 1.00. The molecule has 0 amide bonds. The molecule has 10 heavy (non-hydrogen) atoms. The molecular formula is C8H16ClN. The summed E-state index contributed by atoms with van der Waals surface area (Å²) in [4.78, 5) is 0. The molecule has 0 radical (unpaired) electrons. The van der Waals surface area contributed by atoms with Gasteiger partial charge in [0, 0.05) is 13.1 Å². The van der Waals surface area contributed by atoms with Crippen molar-refractivity contribution in [3.63, 3.8) is 0 Å². The normalized spacial score (nSPS) is 29.7. The third kappa shape index (κ3) is 1.06. The van der Waals surface area contributed by atoms with Crippen molar-refractivity contribution in [3.8, 4) is 0 Å². The van der Waals surface area contributed by atoms with E-state index in [1.807, 2.05) is 0 Å². The second kappa shape index (κ2) is 2.71. The summed E-state index contributed by atoms with van der Waals surface area (Å²) in [5.41, 5.74) is 0.707. The van der Waals surface area contributed by atoms with Crippen LogP contribution in [0.5, 0.6) is 0 Å². The zero-order chi connectivity index (χ0) is 6.32. The highest BCUT2D eigenvalue weighted by atomic mass is 35.5. The van der Waals surface area contributed by atoms with Crippen LogP contribution in [0.15, 0.2) is 0 Å². The van der Waals surface area contributed by atoms with Crippen molar-refractivity contribution < 1.29 is 0 Å². The van der Waals surface area contributed by atoms with E-state index in [2.05, 4.69) is 12.2 Å². The summed E-state index contributed by atoms with van der Waals surface area (Å²) in [6, 6.07) is 0. The van der Waals surface area contributed by atoms with Gasteiger partial charge in [-0.1, -0.05) is 13.3 Å². The van der Waals surface area contributed by atoms with E-state index in [0.29, 0.717) is 5.41 Å². The Bertz CT molecular complexity index is 116. The molecule has 1 saturated carbocycles. The first-order chi connectivity index (χ1) is 4.31. The summed E-state index contributed by atoms with van der Waals surface area (Å²) in [5.74, 6) is 1.07. The highest BCUT2D eigenvalue weighted by Crippen LogP contribution is 2.43. The Morgan fingerprint density at radius 1 is 1.30 bits per heavy atom. The zero-order valence-corrected chi connectivity index (χ0v) is 7.34. The highest BCUT2D eigenvalue weighted by molar-refractivity contribution is 5.85. The van der Waals surface area contributed by atoms with Crippen LogP contribution in [0.1, 0.15) is 26.2 Å². The van der Waals surface area contributed by atoms with Gasteiger partial charge in [-0.3, -0.25) is 0 Å². The quantitative estimate of drug-likeness (QED) is 0.619. The molecule has 2 rings (SSSR count). The van der Waals surface area contributed by atoms with Gasteiger partial charge >= 0.3 is 0 Å². The molecule has 0 spiro atoms. The number of rotatable bonds is 1. The summed E-state index contributed by atoms with van der Waals surface area (Å²) in [6.07, 6.45) is 4.48. The van der Waals surface area contributed by atoms with Crippen LogP contribution in [0.3, 0.4) is 0 Å². The zero-order valence-electron chi connectivity index (χ0n) is 6.52. The molecule has 1 saturated heterocycles. The number of hydrogen-bond donors (Lipinski definition) is 1. The summed E-state index contributed by atoms with van der Waals surface area (Å²) >= 11 is 0. The van der Waals surface area contributed by atoms with Gasteiger partial charge in [0.2, 0.25) is 0 Å². The largest absolute Gasteiger partial charge is 0.316 e. The first-order valence-corrected chi connectivity index (χ1v) is 4.02. The molecule has 0 aromatic heterocycles. The summed E-state index contributed by atoms with van der Waals surface area (Å²) in [5, 5.41) is 3.35. The molecule has 0 bridgehead atoms. The van der Waals surface area contributed by atoms with E-state index in [4.69, 9.17) is 0 Å². The highest BCUT2D eigenvalue weighted by Gasteiger charge is 2.41. The molecule has 0 aromatic carbocycles. The van der Waals surface area contributed by atoms with Crippen molar-refractivity contribution >= 4 is 12.4 Å². The molecule has 60 valence electrons. The van der Waals surface area contributed by atoms with Crippen molar-refractivity contribution in [1.82, 2.24) is 5.32 Å². The van der Waals surface area contributed by atoms with Gasteiger partial charge < -0.3 is 5.32 Å². The minimum atomic E-state index is 0. The van der Waals surface area contributed by atoms with E-state index in [1.54, 1.807) is 0 Å². The second-order valence-corrected chi connectivity index (χ2v) is 3.89. The number of nitrogens with one attached hydrogen (secondary N) is 1. The lowest BCUT2D eigenvalue weighted by Crippen LogP contribution is -2.57. The van der Waals surface area contributed by atoms with Gasteiger partial charge in [0.05, 0.1) is 0 Å². The van der Waals surface area contributed by atoms with Crippen LogP contribution in [0.2, 0.25) is 0 Å². The Morgan fingerprint density at radius 2 is 1.90 bits per heavy atom. The third-order valence-electron chi connectivity index (χ3n) is 3.15. The molecular weight excluding hydrogens is 146 g/mol. The standard InChI is InChI=1S/C8H15N.ClH/c1-8(5-9-6-8)7-3-2-4-7;/h7,9H,2-6H2,1H3;1H. The Morgan fingerprint density at radius 3 is 2.00 bits per heavy atom. The van der Waals surface area contributed by atoms with Gasteiger partial charge in [0.25, 0.3) is 0 Å². The average Bonchev–Trinajstić information content (AvgIpc) is 1.56. The van der Waals surface area contributed by atoms with E-state index >= 15 is 0 Å². The van der Waals surface area contributed by atoms with E-state index in [0.717, 1.165) is 5.92 Å². The predicted octanol–water partition coefficient (Wildman–Crippen LogP) is 1.82. The molecule has 2 aliphatic rings. The fourth-order valence-corrected chi connectivity index (χ4v) is 1.91. The minimum absolute atomic E-state index is 0. The predicted molar refractivity (Wildman–Crippen MR) is 45.6 cm³/mol. The molecule has 1 N–H and O–H groups in total. The molecule has 0 unspecified atom stereocenters. The first-order valence-electron chi connectivity index (χ1n) is 4.02. The van der Waals surface area contributed by atoms with Gasteiger partial charge in [-0.15, -0.1) is 12.4 Å². The maximum absolute atomic E-state index is 3.35. The molecule has 1 aliphatic carbocycles. The molecule has 1 nitrogen and oxygen atoms in total. The fourth-order valence-electron chi connectivity index (χ4n) is 1.91. The lowest BCUT2D eigenvalue weighted by molar-refractivity contribution is 0.0455. The molecule has 1 aliphatic heterocycles. The van der Waals surface area contributed by atoms with Gasteiger partial charge in [0.15, 0.2) is 0 Å². The van der Waals surface area contributed by atoms with Crippen molar-refractivity contribution in [2.45, 2.75) is 26.2 Å². The van der Waals surface area contributed by atoms with Gasteiger partial charge in [-0.2, -0.15) is 0 Å². The Hall–Kier alpha value is 0.250.